The van der Waals surface area contributed by atoms with E-state index in [1.54, 1.807) is 12.1 Å². The number of carbonyl (C=O) groups is 2. The van der Waals surface area contributed by atoms with Gasteiger partial charge in [-0.1, -0.05) is 61.7 Å². The molecule has 1 saturated heterocycles. The van der Waals surface area contributed by atoms with Gasteiger partial charge in [-0.05, 0) is 71.3 Å². The van der Waals surface area contributed by atoms with Crippen molar-refractivity contribution in [1.29, 1.82) is 0 Å². The molecule has 1 aliphatic heterocycles. The summed E-state index contributed by atoms with van der Waals surface area (Å²) in [5, 5.41) is 2.37. The number of ether oxygens (including phenoxy) is 1. The van der Waals surface area contributed by atoms with Gasteiger partial charge in [-0.2, -0.15) is 0 Å². The molecule has 1 heterocycles. The molecule has 1 atom stereocenters. The van der Waals surface area contributed by atoms with E-state index in [4.69, 9.17) is 4.74 Å². The summed E-state index contributed by atoms with van der Waals surface area (Å²) in [6.07, 6.45) is 8.02. The monoisotopic (exact) mass is 441 g/mol. The molecule has 1 unspecified atom stereocenters. The number of hydrogen-bond acceptors (Lipinski definition) is 3. The average Bonchev–Trinajstić information content (AvgIpc) is 3.23. The highest BCUT2D eigenvalue weighted by atomic mass is 16.5. The predicted octanol–water partition coefficient (Wildman–Crippen LogP) is 6.02. The molecule has 2 fully saturated rings. The van der Waals surface area contributed by atoms with Crippen LogP contribution in [-0.4, -0.2) is 36.5 Å². The maximum atomic E-state index is 13.1. The molecule has 0 N–H and O–H groups in total. The van der Waals surface area contributed by atoms with Crippen LogP contribution in [0.5, 0.6) is 0 Å². The van der Waals surface area contributed by atoms with Crippen LogP contribution in [0, 0.1) is 5.92 Å². The van der Waals surface area contributed by atoms with Gasteiger partial charge in [0.2, 0.25) is 5.91 Å². The van der Waals surface area contributed by atoms with Gasteiger partial charge < -0.3 is 9.64 Å². The zero-order chi connectivity index (χ0) is 22.8. The van der Waals surface area contributed by atoms with E-state index in [1.807, 2.05) is 12.1 Å². The molecule has 1 amide bonds. The van der Waals surface area contributed by atoms with Crippen molar-refractivity contribution in [1.82, 2.24) is 4.90 Å². The van der Waals surface area contributed by atoms with Crippen LogP contribution >= 0.6 is 0 Å². The zero-order valence-corrected chi connectivity index (χ0v) is 19.3. The van der Waals surface area contributed by atoms with Crippen molar-refractivity contribution in [3.8, 4) is 11.1 Å². The fraction of sp³-hybridized carbons (Fsp3) is 0.379. The minimum absolute atomic E-state index is 0.122. The molecule has 4 heteroatoms. The smallest absolute Gasteiger partial charge is 0.337 e. The van der Waals surface area contributed by atoms with Crippen molar-refractivity contribution in [3.05, 3.63) is 71.8 Å². The molecule has 5 rings (SSSR count). The van der Waals surface area contributed by atoms with Crippen molar-refractivity contribution in [3.63, 3.8) is 0 Å². The molecule has 3 aromatic rings. The largest absolute Gasteiger partial charge is 0.465 e. The molecule has 0 spiro atoms. The lowest BCUT2D eigenvalue weighted by Crippen LogP contribution is -2.39. The molecule has 3 aromatic carbocycles. The summed E-state index contributed by atoms with van der Waals surface area (Å²) in [6, 6.07) is 21.0. The van der Waals surface area contributed by atoms with Gasteiger partial charge in [0.15, 0.2) is 0 Å². The van der Waals surface area contributed by atoms with Crippen LogP contribution in [0.25, 0.3) is 21.9 Å². The number of benzene rings is 3. The third kappa shape index (κ3) is 4.52. The Morgan fingerprint density at radius 2 is 1.58 bits per heavy atom. The Bertz CT molecular complexity index is 1160. The Labute approximate surface area is 195 Å². The van der Waals surface area contributed by atoms with Gasteiger partial charge >= 0.3 is 5.97 Å². The van der Waals surface area contributed by atoms with Crippen LogP contribution in [0.4, 0.5) is 0 Å². The number of amides is 1. The SMILES string of the molecule is COC(=O)c1ccc(-c2ccc3cc(CC4CCN(C5CCCCC5)C4=O)ccc3c2)cc1. The summed E-state index contributed by atoms with van der Waals surface area (Å²) in [5.41, 5.74) is 3.96. The Kier molecular flexibility index (Phi) is 6.17. The standard InChI is InChI=1S/C29H31NO3/c1-33-29(32)22-11-9-21(10-12-22)24-14-13-23-17-20(7-8-25(23)19-24)18-26-15-16-30(28(26)31)27-5-3-2-4-6-27/h7-14,17,19,26-27H,2-6,15-16,18H2,1H3. The Morgan fingerprint density at radius 3 is 2.33 bits per heavy atom. The Balaban J connectivity index is 1.29. The van der Waals surface area contributed by atoms with Gasteiger partial charge in [0.05, 0.1) is 12.7 Å². The van der Waals surface area contributed by atoms with Crippen molar-refractivity contribution in [2.75, 3.05) is 13.7 Å². The van der Waals surface area contributed by atoms with Crippen molar-refractivity contribution in [2.24, 2.45) is 5.92 Å². The number of carbonyl (C=O) groups excluding carboxylic acids is 2. The highest BCUT2D eigenvalue weighted by molar-refractivity contribution is 5.91. The lowest BCUT2D eigenvalue weighted by molar-refractivity contribution is -0.133. The molecule has 1 aliphatic carbocycles. The third-order valence-electron chi connectivity index (χ3n) is 7.39. The lowest BCUT2D eigenvalue weighted by atomic mass is 9.93. The van der Waals surface area contributed by atoms with Gasteiger partial charge in [-0.25, -0.2) is 4.79 Å². The minimum Gasteiger partial charge on any atom is -0.465 e. The first kappa shape index (κ1) is 21.7. The van der Waals surface area contributed by atoms with Crippen LogP contribution in [0.15, 0.2) is 60.7 Å². The molecule has 170 valence electrons. The number of nitrogens with zero attached hydrogens (tertiary/aromatic N) is 1. The predicted molar refractivity (Wildman–Crippen MR) is 131 cm³/mol. The number of fused-ring (bicyclic) bond motifs is 1. The number of methoxy groups -OCH3 is 1. The van der Waals surface area contributed by atoms with E-state index in [2.05, 4.69) is 41.3 Å². The summed E-state index contributed by atoms with van der Waals surface area (Å²) in [4.78, 5) is 26.9. The van der Waals surface area contributed by atoms with Crippen LogP contribution in [0.3, 0.4) is 0 Å². The average molecular weight is 442 g/mol. The van der Waals surface area contributed by atoms with Crippen LogP contribution in [-0.2, 0) is 16.0 Å². The summed E-state index contributed by atoms with van der Waals surface area (Å²) >= 11 is 0. The number of esters is 1. The minimum atomic E-state index is -0.324. The summed E-state index contributed by atoms with van der Waals surface area (Å²) in [7, 11) is 1.39. The molecule has 33 heavy (non-hydrogen) atoms. The maximum Gasteiger partial charge on any atom is 0.337 e. The Hall–Kier alpha value is -3.14. The van der Waals surface area contributed by atoms with E-state index in [1.165, 1.54) is 55.5 Å². The second-order valence-electron chi connectivity index (χ2n) is 9.48. The van der Waals surface area contributed by atoms with Crippen molar-refractivity contribution >= 4 is 22.6 Å². The normalized spacial score (nSPS) is 19.2. The number of hydrogen-bond donors (Lipinski definition) is 0. The zero-order valence-electron chi connectivity index (χ0n) is 19.3. The molecule has 0 aromatic heterocycles. The van der Waals surface area contributed by atoms with E-state index in [0.29, 0.717) is 17.5 Å². The topological polar surface area (TPSA) is 46.6 Å². The van der Waals surface area contributed by atoms with Crippen molar-refractivity contribution < 1.29 is 14.3 Å². The second-order valence-corrected chi connectivity index (χ2v) is 9.48. The first-order valence-corrected chi connectivity index (χ1v) is 12.1. The maximum absolute atomic E-state index is 13.1. The van der Waals surface area contributed by atoms with Gasteiger partial charge in [-0.3, -0.25) is 4.79 Å². The van der Waals surface area contributed by atoms with E-state index in [-0.39, 0.29) is 11.9 Å². The van der Waals surface area contributed by atoms with Crippen molar-refractivity contribution in [2.45, 2.75) is 51.0 Å². The number of likely N-dealkylation sites (tertiary alicyclic amines) is 1. The first-order chi connectivity index (χ1) is 16.1. The first-order valence-electron chi connectivity index (χ1n) is 12.1. The highest BCUT2D eigenvalue weighted by Gasteiger charge is 2.36. The van der Waals surface area contributed by atoms with Gasteiger partial charge in [-0.15, -0.1) is 0 Å². The molecule has 1 saturated carbocycles. The van der Waals surface area contributed by atoms with Gasteiger partial charge in [0, 0.05) is 18.5 Å². The van der Waals surface area contributed by atoms with E-state index in [0.717, 1.165) is 30.5 Å². The van der Waals surface area contributed by atoms with Gasteiger partial charge in [0.25, 0.3) is 0 Å². The van der Waals surface area contributed by atoms with Crippen LogP contribution in [0.1, 0.15) is 54.4 Å². The van der Waals surface area contributed by atoms with Gasteiger partial charge in [0.1, 0.15) is 0 Å². The summed E-state index contributed by atoms with van der Waals surface area (Å²) in [5.74, 6) is 0.167. The summed E-state index contributed by atoms with van der Waals surface area (Å²) in [6.45, 7) is 0.930. The number of rotatable bonds is 5. The van der Waals surface area contributed by atoms with E-state index in [9.17, 15) is 9.59 Å². The fourth-order valence-electron chi connectivity index (χ4n) is 5.51. The third-order valence-corrected chi connectivity index (χ3v) is 7.39. The summed E-state index contributed by atoms with van der Waals surface area (Å²) < 4.78 is 4.78. The molecular weight excluding hydrogens is 410 g/mol. The molecule has 0 radical (unpaired) electrons. The molecule has 2 aliphatic rings. The Morgan fingerprint density at radius 1 is 0.879 bits per heavy atom. The fourth-order valence-corrected chi connectivity index (χ4v) is 5.51. The van der Waals surface area contributed by atoms with Crippen LogP contribution in [0.2, 0.25) is 0 Å². The quantitative estimate of drug-likeness (QED) is 0.455. The van der Waals surface area contributed by atoms with E-state index >= 15 is 0 Å². The van der Waals surface area contributed by atoms with E-state index < -0.39 is 0 Å². The second kappa shape index (κ2) is 9.38. The lowest BCUT2D eigenvalue weighted by Gasteiger charge is -2.31. The highest BCUT2D eigenvalue weighted by Crippen LogP contribution is 2.31. The molecule has 4 nitrogen and oxygen atoms in total. The molecular formula is C29H31NO3. The molecule has 0 bridgehead atoms. The van der Waals surface area contributed by atoms with Crippen LogP contribution < -0.4 is 0 Å².